The van der Waals surface area contributed by atoms with Crippen LogP contribution in [0.2, 0.25) is 5.02 Å². The first-order valence-corrected chi connectivity index (χ1v) is 6.29. The summed E-state index contributed by atoms with van der Waals surface area (Å²) in [7, 11) is 1.50. The Morgan fingerprint density at radius 1 is 1.30 bits per heavy atom. The summed E-state index contributed by atoms with van der Waals surface area (Å²) in [6.07, 6.45) is -0.107. The van der Waals surface area contributed by atoms with Crippen LogP contribution in [-0.2, 0) is 6.42 Å². The molecule has 0 atom stereocenters. The van der Waals surface area contributed by atoms with Gasteiger partial charge in [-0.2, -0.15) is 0 Å². The van der Waals surface area contributed by atoms with Gasteiger partial charge in [-0.1, -0.05) is 11.6 Å². The highest BCUT2D eigenvalue weighted by atomic mass is 35.5. The highest BCUT2D eigenvalue weighted by molar-refractivity contribution is 6.30. The van der Waals surface area contributed by atoms with Crippen molar-refractivity contribution in [3.05, 3.63) is 58.4 Å². The number of anilines is 1. The summed E-state index contributed by atoms with van der Waals surface area (Å²) in [5.74, 6) is -0.235. The van der Waals surface area contributed by atoms with E-state index in [4.69, 9.17) is 22.1 Å². The number of ketones is 1. The van der Waals surface area contributed by atoms with Gasteiger partial charge in [0.05, 0.1) is 7.11 Å². The number of halogens is 2. The number of nitrogen functional groups attached to an aromatic ring is 1. The molecule has 0 aliphatic rings. The lowest BCUT2D eigenvalue weighted by Crippen LogP contribution is -2.08. The minimum atomic E-state index is -0.468. The van der Waals surface area contributed by atoms with Crippen LogP contribution in [0, 0.1) is 5.82 Å². The molecule has 20 heavy (non-hydrogen) atoms. The van der Waals surface area contributed by atoms with Gasteiger partial charge in [0, 0.05) is 22.7 Å². The SMILES string of the molecule is COc1ccc(N)c(C(=O)Cc2cc(Cl)ccc2F)c1. The Morgan fingerprint density at radius 3 is 2.75 bits per heavy atom. The van der Waals surface area contributed by atoms with Crippen LogP contribution in [0.25, 0.3) is 0 Å². The average molecular weight is 294 g/mol. The number of rotatable bonds is 4. The maximum atomic E-state index is 13.6. The number of nitrogens with two attached hydrogens (primary N) is 1. The van der Waals surface area contributed by atoms with Crippen LogP contribution in [-0.4, -0.2) is 12.9 Å². The van der Waals surface area contributed by atoms with Gasteiger partial charge < -0.3 is 10.5 Å². The molecule has 0 fully saturated rings. The smallest absolute Gasteiger partial charge is 0.169 e. The Bertz CT molecular complexity index is 658. The summed E-state index contributed by atoms with van der Waals surface area (Å²) < 4.78 is 18.7. The molecule has 5 heteroatoms. The summed E-state index contributed by atoms with van der Waals surface area (Å²) in [6, 6.07) is 8.89. The first kappa shape index (κ1) is 14.3. The van der Waals surface area contributed by atoms with Crippen molar-refractivity contribution in [2.75, 3.05) is 12.8 Å². The molecule has 0 bridgehead atoms. The van der Waals surface area contributed by atoms with Gasteiger partial charge in [0.25, 0.3) is 0 Å². The third-order valence-corrected chi connectivity index (χ3v) is 3.15. The molecule has 2 N–H and O–H groups in total. The van der Waals surface area contributed by atoms with E-state index in [9.17, 15) is 9.18 Å². The van der Waals surface area contributed by atoms with Gasteiger partial charge in [-0.15, -0.1) is 0 Å². The summed E-state index contributed by atoms with van der Waals surface area (Å²) in [6.45, 7) is 0. The van der Waals surface area contributed by atoms with E-state index < -0.39 is 5.82 Å². The first-order chi connectivity index (χ1) is 9.51. The van der Waals surface area contributed by atoms with Crippen LogP contribution in [0.1, 0.15) is 15.9 Å². The van der Waals surface area contributed by atoms with Gasteiger partial charge in [0.1, 0.15) is 11.6 Å². The topological polar surface area (TPSA) is 52.3 Å². The molecule has 104 valence electrons. The molecule has 0 aliphatic carbocycles. The quantitative estimate of drug-likeness (QED) is 0.693. The van der Waals surface area contributed by atoms with Crippen molar-refractivity contribution in [2.24, 2.45) is 0 Å². The highest BCUT2D eigenvalue weighted by Crippen LogP contribution is 2.23. The molecule has 0 heterocycles. The summed E-state index contributed by atoms with van der Waals surface area (Å²) in [5, 5.41) is 0.382. The van der Waals surface area contributed by atoms with Crippen molar-refractivity contribution in [1.82, 2.24) is 0 Å². The van der Waals surface area contributed by atoms with Gasteiger partial charge in [0.2, 0.25) is 0 Å². The predicted molar refractivity (Wildman–Crippen MR) is 76.9 cm³/mol. The molecular weight excluding hydrogens is 281 g/mol. The monoisotopic (exact) mass is 293 g/mol. The second kappa shape index (κ2) is 5.92. The predicted octanol–water partition coefficient (Wildman–Crippen LogP) is 3.50. The van der Waals surface area contributed by atoms with Crippen LogP contribution in [0.3, 0.4) is 0 Å². The zero-order valence-corrected chi connectivity index (χ0v) is 11.6. The summed E-state index contributed by atoms with van der Waals surface area (Å²) in [4.78, 5) is 12.2. The third-order valence-electron chi connectivity index (χ3n) is 2.92. The largest absolute Gasteiger partial charge is 0.497 e. The lowest BCUT2D eigenvalue weighted by atomic mass is 10.0. The lowest BCUT2D eigenvalue weighted by Gasteiger charge is -2.08. The van der Waals surface area contributed by atoms with Crippen molar-refractivity contribution in [3.8, 4) is 5.75 Å². The van der Waals surface area contributed by atoms with Crippen molar-refractivity contribution in [2.45, 2.75) is 6.42 Å². The number of methoxy groups -OCH3 is 1. The molecule has 0 aliphatic heterocycles. The van der Waals surface area contributed by atoms with E-state index in [-0.39, 0.29) is 17.8 Å². The summed E-state index contributed by atoms with van der Waals surface area (Å²) in [5.41, 5.74) is 6.65. The van der Waals surface area contributed by atoms with Crippen molar-refractivity contribution in [3.63, 3.8) is 0 Å². The number of carbonyl (C=O) groups excluding carboxylic acids is 1. The Morgan fingerprint density at radius 2 is 2.05 bits per heavy atom. The summed E-state index contributed by atoms with van der Waals surface area (Å²) >= 11 is 5.80. The van der Waals surface area contributed by atoms with Crippen molar-refractivity contribution < 1.29 is 13.9 Å². The van der Waals surface area contributed by atoms with Gasteiger partial charge >= 0.3 is 0 Å². The lowest BCUT2D eigenvalue weighted by molar-refractivity contribution is 0.0992. The number of ether oxygens (including phenoxy) is 1. The zero-order valence-electron chi connectivity index (χ0n) is 10.8. The van der Waals surface area contributed by atoms with Crippen LogP contribution < -0.4 is 10.5 Å². The van der Waals surface area contributed by atoms with E-state index in [0.29, 0.717) is 22.0 Å². The van der Waals surface area contributed by atoms with E-state index in [1.165, 1.54) is 25.3 Å². The van der Waals surface area contributed by atoms with Gasteiger partial charge in [0.15, 0.2) is 5.78 Å². The molecule has 0 saturated heterocycles. The number of benzene rings is 2. The first-order valence-electron chi connectivity index (χ1n) is 5.92. The normalized spacial score (nSPS) is 10.3. The van der Waals surface area contributed by atoms with Crippen LogP contribution in [0.15, 0.2) is 36.4 Å². The Hall–Kier alpha value is -2.07. The Labute approximate surface area is 121 Å². The molecule has 2 aromatic rings. The maximum absolute atomic E-state index is 13.6. The molecule has 0 radical (unpaired) electrons. The number of Topliss-reactive ketones (excluding diaryl/α,β-unsaturated/α-hetero) is 1. The van der Waals surface area contributed by atoms with E-state index in [0.717, 1.165) is 0 Å². The maximum Gasteiger partial charge on any atom is 0.169 e. The molecule has 2 rings (SSSR count). The van der Waals surface area contributed by atoms with E-state index in [1.54, 1.807) is 18.2 Å². The molecule has 0 saturated carbocycles. The fourth-order valence-electron chi connectivity index (χ4n) is 1.85. The highest BCUT2D eigenvalue weighted by Gasteiger charge is 2.14. The second-order valence-electron chi connectivity index (χ2n) is 4.29. The molecule has 3 nitrogen and oxygen atoms in total. The molecule has 2 aromatic carbocycles. The average Bonchev–Trinajstić information content (AvgIpc) is 2.43. The minimum absolute atomic E-state index is 0.107. The van der Waals surface area contributed by atoms with Crippen LogP contribution >= 0.6 is 11.6 Å². The number of hydrogen-bond acceptors (Lipinski definition) is 3. The van der Waals surface area contributed by atoms with Gasteiger partial charge in [-0.3, -0.25) is 4.79 Å². The molecule has 0 unspecified atom stereocenters. The van der Waals surface area contributed by atoms with Crippen LogP contribution in [0.4, 0.5) is 10.1 Å². The van der Waals surface area contributed by atoms with Crippen molar-refractivity contribution >= 4 is 23.1 Å². The van der Waals surface area contributed by atoms with E-state index in [1.807, 2.05) is 0 Å². The molecular formula is C15H13ClFNO2. The fraction of sp³-hybridized carbons (Fsp3) is 0.133. The molecule has 0 amide bonds. The standard InChI is InChI=1S/C15H13ClFNO2/c1-20-11-3-5-14(18)12(8-11)15(19)7-9-6-10(16)2-4-13(9)17/h2-6,8H,7,18H2,1H3. The van der Waals surface area contributed by atoms with Gasteiger partial charge in [-0.05, 0) is 42.0 Å². The van der Waals surface area contributed by atoms with Crippen LogP contribution in [0.5, 0.6) is 5.75 Å². The molecule has 0 spiro atoms. The third kappa shape index (κ3) is 3.08. The zero-order chi connectivity index (χ0) is 14.7. The van der Waals surface area contributed by atoms with Gasteiger partial charge in [-0.25, -0.2) is 4.39 Å². The second-order valence-corrected chi connectivity index (χ2v) is 4.73. The Kier molecular flexibility index (Phi) is 4.25. The Balaban J connectivity index is 2.30. The van der Waals surface area contributed by atoms with E-state index >= 15 is 0 Å². The fourth-order valence-corrected chi connectivity index (χ4v) is 2.05. The molecule has 0 aromatic heterocycles. The minimum Gasteiger partial charge on any atom is -0.497 e. The number of carbonyl (C=O) groups is 1. The number of hydrogen-bond donors (Lipinski definition) is 1. The van der Waals surface area contributed by atoms with Crippen molar-refractivity contribution in [1.29, 1.82) is 0 Å². The van der Waals surface area contributed by atoms with E-state index in [2.05, 4.69) is 0 Å².